The fourth-order valence-corrected chi connectivity index (χ4v) is 1.49. The first-order chi connectivity index (χ1) is 5.29. The van der Waals surface area contributed by atoms with Gasteiger partial charge in [0.2, 0.25) is 0 Å². The molecule has 0 radical (unpaired) electrons. The summed E-state index contributed by atoms with van der Waals surface area (Å²) >= 11 is 9.71. The van der Waals surface area contributed by atoms with Crippen molar-refractivity contribution in [1.82, 2.24) is 0 Å². The van der Waals surface area contributed by atoms with E-state index in [1.165, 1.54) is 5.56 Å². The Bertz CT molecular complexity index is 290. The third-order valence-corrected chi connectivity index (χ3v) is 2.09. The molecule has 1 aromatic carbocycles. The van der Waals surface area contributed by atoms with Gasteiger partial charge in [-0.1, -0.05) is 42.6 Å². The summed E-state index contributed by atoms with van der Waals surface area (Å²) in [6, 6.07) is 5.98. The lowest BCUT2D eigenvalue weighted by Gasteiger charge is -2.01. The van der Waals surface area contributed by atoms with Gasteiger partial charge in [0, 0.05) is 10.7 Å². The molecule has 11 heavy (non-hydrogen) atoms. The van der Waals surface area contributed by atoms with Gasteiger partial charge in [0.15, 0.2) is 0 Å². The van der Waals surface area contributed by atoms with Crippen LogP contribution in [-0.2, 0) is 0 Å². The van der Waals surface area contributed by atoms with Crippen LogP contribution in [-0.4, -0.2) is 10.7 Å². The van der Waals surface area contributed by atoms with Gasteiger partial charge in [0.1, 0.15) is 0 Å². The average molecular weight is 180 g/mol. The normalized spacial score (nSPS) is 9.18. The molecule has 0 amide bonds. The van der Waals surface area contributed by atoms with Gasteiger partial charge in [0.05, 0.1) is 0 Å². The molecule has 0 N–H and O–H groups in total. The van der Waals surface area contributed by atoms with Crippen molar-refractivity contribution >= 4 is 35.2 Å². The summed E-state index contributed by atoms with van der Waals surface area (Å²) in [7, 11) is 0. The number of benzene rings is 1. The zero-order valence-electron chi connectivity index (χ0n) is 6.20. The van der Waals surface area contributed by atoms with Crippen molar-refractivity contribution in [3.63, 3.8) is 0 Å². The predicted molar refractivity (Wildman–Crippen MR) is 56.7 cm³/mol. The third kappa shape index (κ3) is 1.70. The second-order valence-electron chi connectivity index (χ2n) is 2.31. The molecule has 0 aliphatic heterocycles. The Balaban J connectivity index is 3.35. The van der Waals surface area contributed by atoms with E-state index in [2.05, 4.69) is 0 Å². The van der Waals surface area contributed by atoms with Crippen LogP contribution in [0.2, 0.25) is 0 Å². The molecule has 0 unspecified atom stereocenters. The smallest absolute Gasteiger partial charge is 0.00950 e. The number of rotatable bonds is 2. The summed E-state index contributed by atoms with van der Waals surface area (Å²) < 4.78 is 0. The number of aryl methyl sites for hydroxylation is 1. The Kier molecular flexibility index (Phi) is 2.85. The van der Waals surface area contributed by atoms with Crippen molar-refractivity contribution in [3.05, 3.63) is 34.9 Å². The van der Waals surface area contributed by atoms with Gasteiger partial charge in [0.25, 0.3) is 0 Å². The summed E-state index contributed by atoms with van der Waals surface area (Å²) in [5, 5.41) is 3.33. The van der Waals surface area contributed by atoms with Gasteiger partial charge in [-0.25, -0.2) is 0 Å². The van der Waals surface area contributed by atoms with Gasteiger partial charge in [-0.15, -0.1) is 0 Å². The number of thiocarbonyl (C=S) groups is 2. The molecule has 0 atom stereocenters. The molecule has 0 aromatic heterocycles. The molecule has 0 nitrogen and oxygen atoms in total. The maximum absolute atomic E-state index is 4.87. The monoisotopic (exact) mass is 180 g/mol. The van der Waals surface area contributed by atoms with E-state index in [1.807, 2.05) is 25.1 Å². The first kappa shape index (κ1) is 8.50. The average Bonchev–Trinajstić information content (AvgIpc) is 2.04. The van der Waals surface area contributed by atoms with Crippen molar-refractivity contribution in [2.24, 2.45) is 0 Å². The highest BCUT2D eigenvalue weighted by molar-refractivity contribution is 7.79. The summed E-state index contributed by atoms with van der Waals surface area (Å²) in [6.45, 7) is 2.03. The standard InChI is InChI=1S/C9H8S2/c1-7-3-2-4-8(5-10)9(7)6-11/h2-6H,1H3. The van der Waals surface area contributed by atoms with Gasteiger partial charge in [-0.3, -0.25) is 0 Å². The minimum absolute atomic E-state index is 1.04. The van der Waals surface area contributed by atoms with E-state index in [9.17, 15) is 0 Å². The second kappa shape index (κ2) is 3.69. The van der Waals surface area contributed by atoms with Crippen molar-refractivity contribution in [3.8, 4) is 0 Å². The molecule has 0 saturated carbocycles. The van der Waals surface area contributed by atoms with E-state index in [1.54, 1.807) is 10.7 Å². The zero-order chi connectivity index (χ0) is 8.27. The van der Waals surface area contributed by atoms with Crippen LogP contribution < -0.4 is 0 Å². The Morgan fingerprint density at radius 2 is 1.91 bits per heavy atom. The van der Waals surface area contributed by atoms with Crippen LogP contribution in [0.5, 0.6) is 0 Å². The van der Waals surface area contributed by atoms with Crippen molar-refractivity contribution < 1.29 is 0 Å². The molecule has 0 bridgehead atoms. The van der Waals surface area contributed by atoms with Crippen LogP contribution >= 0.6 is 24.4 Å². The van der Waals surface area contributed by atoms with Crippen LogP contribution in [0.1, 0.15) is 16.7 Å². The molecule has 0 aliphatic rings. The van der Waals surface area contributed by atoms with Crippen molar-refractivity contribution in [1.29, 1.82) is 0 Å². The highest BCUT2D eigenvalue weighted by atomic mass is 32.1. The van der Waals surface area contributed by atoms with Gasteiger partial charge in [-0.2, -0.15) is 0 Å². The molecule has 0 fully saturated rings. The van der Waals surface area contributed by atoms with Crippen LogP contribution in [0.15, 0.2) is 18.2 Å². The molecule has 1 rings (SSSR count). The topological polar surface area (TPSA) is 0 Å². The molecular weight excluding hydrogens is 172 g/mol. The summed E-state index contributed by atoms with van der Waals surface area (Å²) in [5.74, 6) is 0. The number of hydrogen-bond acceptors (Lipinski definition) is 2. The van der Waals surface area contributed by atoms with E-state index in [0.29, 0.717) is 0 Å². The van der Waals surface area contributed by atoms with E-state index in [0.717, 1.165) is 11.1 Å². The summed E-state index contributed by atoms with van der Waals surface area (Å²) in [5.41, 5.74) is 3.28. The quantitative estimate of drug-likeness (QED) is 0.642. The molecular formula is C9H8S2. The Morgan fingerprint density at radius 3 is 2.36 bits per heavy atom. The highest BCUT2D eigenvalue weighted by Crippen LogP contribution is 2.09. The molecule has 2 heteroatoms. The molecule has 0 heterocycles. The van der Waals surface area contributed by atoms with E-state index < -0.39 is 0 Å². The second-order valence-corrected chi connectivity index (χ2v) is 2.78. The van der Waals surface area contributed by atoms with Crippen LogP contribution in [0, 0.1) is 6.92 Å². The van der Waals surface area contributed by atoms with Gasteiger partial charge >= 0.3 is 0 Å². The van der Waals surface area contributed by atoms with Crippen molar-refractivity contribution in [2.45, 2.75) is 6.92 Å². The van der Waals surface area contributed by atoms with Crippen LogP contribution in [0.3, 0.4) is 0 Å². The first-order valence-corrected chi connectivity index (χ1v) is 4.24. The third-order valence-electron chi connectivity index (χ3n) is 1.60. The minimum atomic E-state index is 1.04. The summed E-state index contributed by atoms with van der Waals surface area (Å²) in [6.07, 6.45) is 0. The summed E-state index contributed by atoms with van der Waals surface area (Å²) in [4.78, 5) is 0. The first-order valence-electron chi connectivity index (χ1n) is 3.29. The maximum Gasteiger partial charge on any atom is 0.00950 e. The SMILES string of the molecule is Cc1cccc(C=S)c1C=S. The van der Waals surface area contributed by atoms with E-state index in [4.69, 9.17) is 24.4 Å². The largest absolute Gasteiger partial charge is 0.0881 e. The Morgan fingerprint density at radius 1 is 1.18 bits per heavy atom. The van der Waals surface area contributed by atoms with Crippen LogP contribution in [0.4, 0.5) is 0 Å². The number of hydrogen-bond donors (Lipinski definition) is 0. The molecule has 1 aromatic rings. The van der Waals surface area contributed by atoms with E-state index in [-0.39, 0.29) is 0 Å². The lowest BCUT2D eigenvalue weighted by atomic mass is 10.1. The Labute approximate surface area is 77.2 Å². The highest BCUT2D eigenvalue weighted by Gasteiger charge is 1.97. The Hall–Kier alpha value is -0.600. The lowest BCUT2D eigenvalue weighted by Crippen LogP contribution is -1.91. The van der Waals surface area contributed by atoms with Gasteiger partial charge in [-0.05, 0) is 23.6 Å². The molecule has 0 spiro atoms. The fourth-order valence-electron chi connectivity index (χ4n) is 0.967. The molecule has 56 valence electrons. The zero-order valence-corrected chi connectivity index (χ0v) is 7.84. The molecule has 0 aliphatic carbocycles. The predicted octanol–water partition coefficient (Wildman–Crippen LogP) is 2.69. The van der Waals surface area contributed by atoms with Crippen molar-refractivity contribution in [2.75, 3.05) is 0 Å². The van der Waals surface area contributed by atoms with Crippen LogP contribution in [0.25, 0.3) is 0 Å². The van der Waals surface area contributed by atoms with E-state index >= 15 is 0 Å². The maximum atomic E-state index is 4.87. The fraction of sp³-hybridized carbons (Fsp3) is 0.111. The lowest BCUT2D eigenvalue weighted by molar-refractivity contribution is 1.45. The molecule has 0 saturated heterocycles. The minimum Gasteiger partial charge on any atom is -0.0881 e. The van der Waals surface area contributed by atoms with Gasteiger partial charge < -0.3 is 0 Å².